The second-order valence-corrected chi connectivity index (χ2v) is 14.5. The summed E-state index contributed by atoms with van der Waals surface area (Å²) in [5.74, 6) is -2.50. The minimum absolute atomic E-state index is 0.155. The number of aliphatic hydroxyl groups excluding tert-OH is 2. The topological polar surface area (TPSA) is 93.1 Å². The lowest BCUT2D eigenvalue weighted by molar-refractivity contribution is 0.219. The van der Waals surface area contributed by atoms with Gasteiger partial charge in [-0.15, -0.1) is 0 Å². The second kappa shape index (κ2) is 9.33. The summed E-state index contributed by atoms with van der Waals surface area (Å²) in [7, 11) is -7.97. The van der Waals surface area contributed by atoms with Crippen molar-refractivity contribution in [2.75, 3.05) is 0 Å². The van der Waals surface area contributed by atoms with Gasteiger partial charge in [0.15, 0.2) is 11.7 Å². The molecule has 0 amide bonds. The molecule has 7 rings (SSSR count). The quantitative estimate of drug-likeness (QED) is 0.228. The average Bonchev–Trinajstić information content (AvgIpc) is 3.00. The fraction of sp³-hybridized carbons (Fsp3) is 0.0625. The number of rotatable bonds is 4. The Bertz CT molecular complexity index is 1750. The molecular weight excluding hydrogens is 542 g/mol. The molecule has 8 heteroatoms. The van der Waals surface area contributed by atoms with Crippen LogP contribution in [0.4, 0.5) is 0 Å². The summed E-state index contributed by atoms with van der Waals surface area (Å²) in [5, 5.41) is 24.4. The molecule has 2 aliphatic rings. The number of hydrogen-bond donors (Lipinski definition) is 2. The van der Waals surface area contributed by atoms with Crippen LogP contribution in [-0.4, -0.2) is 10.2 Å². The van der Waals surface area contributed by atoms with Gasteiger partial charge < -0.3 is 19.3 Å². The lowest BCUT2D eigenvalue weighted by Crippen LogP contribution is -2.25. The van der Waals surface area contributed by atoms with Crippen LogP contribution in [0.2, 0.25) is 0 Å². The molecule has 0 spiro atoms. The smallest absolute Gasteiger partial charge is 0.310 e. The van der Waals surface area contributed by atoms with Crippen molar-refractivity contribution >= 4 is 25.3 Å². The summed E-state index contributed by atoms with van der Waals surface area (Å²) >= 11 is 0. The number of benzene rings is 5. The number of hydrogen-bond acceptors (Lipinski definition) is 6. The molecule has 0 aliphatic carbocycles. The van der Waals surface area contributed by atoms with Crippen LogP contribution in [-0.2, 0) is 9.13 Å². The number of fused-ring (bicyclic) bond motifs is 6. The zero-order chi connectivity index (χ0) is 27.5. The Morgan fingerprint density at radius 2 is 0.775 bits per heavy atom. The summed E-state index contributed by atoms with van der Waals surface area (Å²) in [5.41, 5.74) is 3.28. The van der Waals surface area contributed by atoms with E-state index < -0.39 is 26.4 Å². The lowest BCUT2D eigenvalue weighted by atomic mass is 10.0. The highest BCUT2D eigenvalue weighted by atomic mass is 31.2. The Kier molecular flexibility index (Phi) is 5.85. The van der Waals surface area contributed by atoms with Crippen molar-refractivity contribution in [2.24, 2.45) is 0 Å². The maximum absolute atomic E-state index is 14.7. The van der Waals surface area contributed by atoms with E-state index in [4.69, 9.17) is 9.05 Å². The molecule has 0 aromatic heterocycles. The van der Waals surface area contributed by atoms with Crippen molar-refractivity contribution < 1.29 is 28.4 Å². The van der Waals surface area contributed by atoms with E-state index in [1.807, 2.05) is 48.5 Å². The Morgan fingerprint density at radius 3 is 1.20 bits per heavy atom. The molecule has 0 saturated carbocycles. The normalized spacial score (nSPS) is 21.9. The van der Waals surface area contributed by atoms with Gasteiger partial charge in [0.05, 0.1) is 10.6 Å². The maximum atomic E-state index is 14.7. The van der Waals surface area contributed by atoms with Crippen LogP contribution in [0.1, 0.15) is 22.8 Å². The zero-order valence-corrected chi connectivity index (χ0v) is 22.9. The van der Waals surface area contributed by atoms with Gasteiger partial charge in [-0.05, 0) is 46.5 Å². The first-order valence-electron chi connectivity index (χ1n) is 12.8. The van der Waals surface area contributed by atoms with Gasteiger partial charge in [0, 0.05) is 11.1 Å². The van der Waals surface area contributed by atoms with Crippen LogP contribution < -0.4 is 19.7 Å². The Labute approximate surface area is 231 Å². The highest BCUT2D eigenvalue weighted by Gasteiger charge is 2.48. The van der Waals surface area contributed by atoms with E-state index >= 15 is 0 Å². The summed E-state index contributed by atoms with van der Waals surface area (Å²) in [4.78, 5) is 0. The molecular formula is C32H24O6P2. The first-order valence-corrected chi connectivity index (χ1v) is 16.2. The van der Waals surface area contributed by atoms with Gasteiger partial charge in [-0.25, -0.2) is 0 Å². The van der Waals surface area contributed by atoms with Crippen molar-refractivity contribution in [2.45, 2.75) is 11.7 Å². The SMILES string of the molecule is O=P1(C(O)c2ccccc2C(O)P2(=O)Oc3ccccc3-c3ccccc32)Oc2ccccc2-c2ccccc21. The summed E-state index contributed by atoms with van der Waals surface area (Å²) in [6.45, 7) is 0. The van der Waals surface area contributed by atoms with Gasteiger partial charge >= 0.3 is 14.7 Å². The Balaban J connectivity index is 1.36. The van der Waals surface area contributed by atoms with Crippen molar-refractivity contribution in [1.29, 1.82) is 0 Å². The van der Waals surface area contributed by atoms with E-state index in [0.717, 1.165) is 11.1 Å². The van der Waals surface area contributed by atoms with Crippen LogP contribution in [0, 0.1) is 0 Å². The summed E-state index contributed by atoms with van der Waals surface area (Å²) < 4.78 is 41.5. The standard InChI is InChI=1S/C32H24O6P2/c33-31(39(35)29-19-9-5-13-23(29)21-11-3-7-17-27(21)37-39)25-15-1-2-16-26(25)32(34)40(36)30-20-10-6-14-24(30)22-12-4-8-18-28(22)38-40/h1-20,31-34H. The monoisotopic (exact) mass is 566 g/mol. The third-order valence-electron chi connectivity index (χ3n) is 7.50. The van der Waals surface area contributed by atoms with Gasteiger partial charge in [0.25, 0.3) is 0 Å². The van der Waals surface area contributed by atoms with Crippen LogP contribution in [0.3, 0.4) is 0 Å². The molecule has 2 heterocycles. The first-order chi connectivity index (χ1) is 19.4. The molecule has 2 aliphatic heterocycles. The summed E-state index contributed by atoms with van der Waals surface area (Å²) in [6, 6.07) is 35.2. The molecule has 4 atom stereocenters. The number of aliphatic hydroxyl groups is 2. The van der Waals surface area contributed by atoms with Crippen LogP contribution >= 0.6 is 14.7 Å². The minimum Gasteiger partial charge on any atom is -0.437 e. The van der Waals surface area contributed by atoms with E-state index in [9.17, 15) is 19.3 Å². The van der Waals surface area contributed by atoms with E-state index in [-0.39, 0.29) is 11.1 Å². The second-order valence-electron chi connectivity index (χ2n) is 9.78. The lowest BCUT2D eigenvalue weighted by Gasteiger charge is -2.34. The van der Waals surface area contributed by atoms with Crippen molar-refractivity contribution in [3.8, 4) is 33.8 Å². The first kappa shape index (κ1) is 25.1. The van der Waals surface area contributed by atoms with Gasteiger partial charge in [-0.3, -0.25) is 9.13 Å². The third-order valence-corrected chi connectivity index (χ3v) is 12.4. The summed E-state index contributed by atoms with van der Waals surface area (Å²) in [6.07, 6.45) is 0. The number of para-hydroxylation sites is 2. The van der Waals surface area contributed by atoms with E-state index in [1.165, 1.54) is 0 Å². The maximum Gasteiger partial charge on any atom is 0.310 e. The predicted molar refractivity (Wildman–Crippen MR) is 156 cm³/mol. The average molecular weight is 566 g/mol. The predicted octanol–water partition coefficient (Wildman–Crippen LogP) is 6.99. The van der Waals surface area contributed by atoms with Gasteiger partial charge in [-0.1, -0.05) is 97.1 Å². The zero-order valence-electron chi connectivity index (χ0n) is 21.1. The van der Waals surface area contributed by atoms with Crippen LogP contribution in [0.15, 0.2) is 121 Å². The van der Waals surface area contributed by atoms with Gasteiger partial charge in [-0.2, -0.15) is 0 Å². The van der Waals surface area contributed by atoms with Crippen molar-refractivity contribution in [3.63, 3.8) is 0 Å². The molecule has 0 fully saturated rings. The Hall–Kier alpha value is -3.92. The molecule has 5 aromatic carbocycles. The fourth-order valence-electron chi connectivity index (χ4n) is 5.59. The molecule has 0 saturated heterocycles. The van der Waals surface area contributed by atoms with E-state index in [0.29, 0.717) is 33.2 Å². The highest BCUT2D eigenvalue weighted by Crippen LogP contribution is 2.66. The van der Waals surface area contributed by atoms with Gasteiger partial charge in [0.2, 0.25) is 0 Å². The minimum atomic E-state index is -3.98. The fourth-order valence-corrected chi connectivity index (χ4v) is 10.3. The highest BCUT2D eigenvalue weighted by molar-refractivity contribution is 7.68. The molecule has 0 bridgehead atoms. The molecule has 5 aromatic rings. The third kappa shape index (κ3) is 3.65. The molecule has 6 nitrogen and oxygen atoms in total. The van der Waals surface area contributed by atoms with Crippen molar-refractivity contribution in [1.82, 2.24) is 0 Å². The Morgan fingerprint density at radius 1 is 0.450 bits per heavy atom. The van der Waals surface area contributed by atoms with Crippen molar-refractivity contribution in [3.05, 3.63) is 132 Å². The molecule has 0 radical (unpaired) electrons. The molecule has 2 N–H and O–H groups in total. The van der Waals surface area contributed by atoms with Crippen LogP contribution in [0.5, 0.6) is 11.5 Å². The molecule has 4 unspecified atom stereocenters. The van der Waals surface area contributed by atoms with Crippen LogP contribution in [0.25, 0.3) is 22.3 Å². The van der Waals surface area contributed by atoms with E-state index in [2.05, 4.69) is 0 Å². The largest absolute Gasteiger partial charge is 0.437 e. The molecule has 40 heavy (non-hydrogen) atoms. The van der Waals surface area contributed by atoms with E-state index in [1.54, 1.807) is 72.8 Å². The molecule has 198 valence electrons. The van der Waals surface area contributed by atoms with Gasteiger partial charge in [0.1, 0.15) is 11.5 Å².